The van der Waals surface area contributed by atoms with Crippen molar-refractivity contribution in [2.24, 2.45) is 0 Å². The van der Waals surface area contributed by atoms with Crippen LogP contribution in [0.15, 0.2) is 6.33 Å². The monoisotopic (exact) mass is 213 g/mol. The fourth-order valence-corrected chi connectivity index (χ4v) is 1.17. The molecule has 68 valence electrons. The van der Waals surface area contributed by atoms with Gasteiger partial charge in [0.25, 0.3) is 0 Å². The molecule has 0 aromatic carbocycles. The van der Waals surface area contributed by atoms with E-state index in [4.69, 9.17) is 22.4 Å². The SMILES string of the molecule is Cc1[nH]cnc1C(=S)OC(=S)C=N. The van der Waals surface area contributed by atoms with Crippen molar-refractivity contribution < 1.29 is 4.74 Å². The molecule has 0 aliphatic carbocycles. The standard InChI is InChI=1S/C7H7N3OS2/c1-4-6(10-3-9-4)7(13)11-5(12)2-8/h2-3,8H,1H3,(H,9,10). The van der Waals surface area contributed by atoms with E-state index in [0.717, 1.165) is 11.9 Å². The molecular formula is C7H7N3OS2. The van der Waals surface area contributed by atoms with Crippen LogP contribution in [0.2, 0.25) is 0 Å². The topological polar surface area (TPSA) is 61.8 Å². The number of nitrogens with zero attached hydrogens (tertiary/aromatic N) is 1. The molecule has 13 heavy (non-hydrogen) atoms. The van der Waals surface area contributed by atoms with Crippen molar-refractivity contribution in [1.82, 2.24) is 9.97 Å². The molecule has 0 aliphatic heterocycles. The van der Waals surface area contributed by atoms with E-state index in [0.29, 0.717) is 5.69 Å². The van der Waals surface area contributed by atoms with Gasteiger partial charge in [-0.2, -0.15) is 0 Å². The van der Waals surface area contributed by atoms with Gasteiger partial charge in [0.2, 0.25) is 10.1 Å². The first-order chi connectivity index (χ1) is 6.15. The van der Waals surface area contributed by atoms with Gasteiger partial charge < -0.3 is 15.1 Å². The summed E-state index contributed by atoms with van der Waals surface area (Å²) < 4.78 is 4.96. The molecule has 0 aliphatic rings. The largest absolute Gasteiger partial charge is 0.430 e. The molecule has 0 spiro atoms. The van der Waals surface area contributed by atoms with Crippen molar-refractivity contribution >= 4 is 40.8 Å². The van der Waals surface area contributed by atoms with Gasteiger partial charge in [-0.3, -0.25) is 0 Å². The average molecular weight is 213 g/mol. The Morgan fingerprint density at radius 2 is 2.38 bits per heavy atom. The zero-order chi connectivity index (χ0) is 9.84. The Labute approximate surface area is 85.8 Å². The molecule has 4 nitrogen and oxygen atoms in total. The summed E-state index contributed by atoms with van der Waals surface area (Å²) in [6.07, 6.45) is 2.44. The second kappa shape index (κ2) is 4.20. The molecule has 2 N–H and O–H groups in total. The van der Waals surface area contributed by atoms with Gasteiger partial charge in [0.05, 0.1) is 12.5 Å². The van der Waals surface area contributed by atoms with Crippen LogP contribution in [-0.4, -0.2) is 26.3 Å². The fraction of sp³-hybridized carbons (Fsp3) is 0.143. The maximum absolute atomic E-state index is 6.80. The molecule has 6 heteroatoms. The third-order valence-electron chi connectivity index (χ3n) is 1.33. The molecule has 1 heterocycles. The Morgan fingerprint density at radius 1 is 1.69 bits per heavy atom. The minimum absolute atomic E-state index is 0.0346. The van der Waals surface area contributed by atoms with Crippen molar-refractivity contribution in [2.75, 3.05) is 0 Å². The van der Waals surface area contributed by atoms with E-state index in [-0.39, 0.29) is 10.1 Å². The van der Waals surface area contributed by atoms with Gasteiger partial charge in [-0.05, 0) is 31.4 Å². The van der Waals surface area contributed by atoms with Crippen LogP contribution < -0.4 is 0 Å². The molecule has 0 fully saturated rings. The Morgan fingerprint density at radius 3 is 2.85 bits per heavy atom. The summed E-state index contributed by atoms with van der Waals surface area (Å²) in [5.74, 6) is 0. The van der Waals surface area contributed by atoms with Gasteiger partial charge in [0.1, 0.15) is 5.69 Å². The lowest BCUT2D eigenvalue weighted by Gasteiger charge is -2.01. The summed E-state index contributed by atoms with van der Waals surface area (Å²) >= 11 is 9.57. The van der Waals surface area contributed by atoms with Gasteiger partial charge in [-0.1, -0.05) is 0 Å². The molecule has 0 atom stereocenters. The van der Waals surface area contributed by atoms with Gasteiger partial charge in [0, 0.05) is 5.69 Å². The first kappa shape index (κ1) is 9.94. The number of ether oxygens (including phenoxy) is 1. The molecule has 0 saturated heterocycles. The minimum atomic E-state index is 0.0346. The fourth-order valence-electron chi connectivity index (χ4n) is 0.734. The second-order valence-corrected chi connectivity index (χ2v) is 3.00. The van der Waals surface area contributed by atoms with Crippen LogP contribution in [0.25, 0.3) is 0 Å². The van der Waals surface area contributed by atoms with E-state index < -0.39 is 0 Å². The highest BCUT2D eigenvalue weighted by Gasteiger charge is 2.09. The summed E-state index contributed by atoms with van der Waals surface area (Å²) in [4.78, 5) is 6.81. The number of hydrogen-bond acceptors (Lipinski definition) is 5. The summed E-state index contributed by atoms with van der Waals surface area (Å²) in [7, 11) is 0. The number of aromatic amines is 1. The minimum Gasteiger partial charge on any atom is -0.430 e. The molecule has 1 aromatic heterocycles. The number of aryl methyl sites for hydroxylation is 1. The van der Waals surface area contributed by atoms with E-state index in [1.165, 1.54) is 6.33 Å². The lowest BCUT2D eigenvalue weighted by molar-refractivity contribution is 0.584. The lowest BCUT2D eigenvalue weighted by Crippen LogP contribution is -2.11. The molecule has 0 bridgehead atoms. The Bertz CT molecular complexity index is 358. The molecule has 1 aromatic rings. The van der Waals surface area contributed by atoms with Crippen molar-refractivity contribution in [3.05, 3.63) is 17.7 Å². The Balaban J connectivity index is 2.75. The van der Waals surface area contributed by atoms with Gasteiger partial charge in [0.15, 0.2) is 0 Å². The van der Waals surface area contributed by atoms with E-state index >= 15 is 0 Å². The van der Waals surface area contributed by atoms with Crippen LogP contribution >= 0.6 is 24.4 Å². The number of rotatable bonds is 2. The maximum Gasteiger partial charge on any atom is 0.219 e. The molecule has 0 amide bonds. The van der Waals surface area contributed by atoms with Crippen LogP contribution in [-0.2, 0) is 4.74 Å². The van der Waals surface area contributed by atoms with Gasteiger partial charge >= 0.3 is 0 Å². The Hall–Kier alpha value is -1.14. The summed E-state index contributed by atoms with van der Waals surface area (Å²) in [5.41, 5.74) is 1.37. The smallest absolute Gasteiger partial charge is 0.219 e. The lowest BCUT2D eigenvalue weighted by atomic mass is 10.4. The normalized spacial score (nSPS) is 9.31. The summed E-state index contributed by atoms with van der Waals surface area (Å²) in [6, 6.07) is 0. The van der Waals surface area contributed by atoms with E-state index in [1.54, 1.807) is 0 Å². The maximum atomic E-state index is 6.80. The van der Waals surface area contributed by atoms with Crippen molar-refractivity contribution in [3.8, 4) is 0 Å². The molecular weight excluding hydrogens is 206 g/mol. The highest BCUT2D eigenvalue weighted by Crippen LogP contribution is 2.04. The first-order valence-corrected chi connectivity index (χ1v) is 4.23. The molecule has 1 rings (SSSR count). The number of imidazole rings is 1. The summed E-state index contributed by atoms with van der Waals surface area (Å²) in [5, 5.41) is 7.02. The van der Waals surface area contributed by atoms with Crippen LogP contribution in [0.3, 0.4) is 0 Å². The molecule has 0 unspecified atom stereocenters. The number of thiocarbonyl (C=S) groups is 2. The molecule has 0 saturated carbocycles. The average Bonchev–Trinajstić information content (AvgIpc) is 2.51. The third kappa shape index (κ3) is 2.40. The van der Waals surface area contributed by atoms with Crippen LogP contribution in [0, 0.1) is 12.3 Å². The van der Waals surface area contributed by atoms with Gasteiger partial charge in [-0.25, -0.2) is 4.98 Å². The van der Waals surface area contributed by atoms with Crippen molar-refractivity contribution in [2.45, 2.75) is 6.92 Å². The van der Waals surface area contributed by atoms with E-state index in [9.17, 15) is 0 Å². The summed E-state index contributed by atoms with van der Waals surface area (Å²) in [6.45, 7) is 1.82. The number of nitrogens with one attached hydrogen (secondary N) is 2. The number of hydrogen-bond donors (Lipinski definition) is 2. The van der Waals surface area contributed by atoms with Crippen LogP contribution in [0.1, 0.15) is 11.4 Å². The highest BCUT2D eigenvalue weighted by molar-refractivity contribution is 7.82. The molecule has 0 radical (unpaired) electrons. The number of H-pyrrole nitrogens is 1. The zero-order valence-electron chi connectivity index (χ0n) is 6.83. The van der Waals surface area contributed by atoms with Crippen molar-refractivity contribution in [3.63, 3.8) is 0 Å². The Kier molecular flexibility index (Phi) is 3.21. The first-order valence-electron chi connectivity index (χ1n) is 3.41. The predicted octanol–water partition coefficient (Wildman–Crippen LogP) is 1.39. The predicted molar refractivity (Wildman–Crippen MR) is 57.5 cm³/mol. The van der Waals surface area contributed by atoms with Crippen LogP contribution in [0.4, 0.5) is 0 Å². The van der Waals surface area contributed by atoms with Crippen LogP contribution in [0.5, 0.6) is 0 Å². The second-order valence-electron chi connectivity index (χ2n) is 2.23. The van der Waals surface area contributed by atoms with Crippen molar-refractivity contribution in [1.29, 1.82) is 5.41 Å². The van der Waals surface area contributed by atoms with E-state index in [2.05, 4.69) is 22.2 Å². The zero-order valence-corrected chi connectivity index (χ0v) is 8.46. The number of aromatic nitrogens is 2. The third-order valence-corrected chi connectivity index (χ3v) is 1.81. The quantitative estimate of drug-likeness (QED) is 0.575. The van der Waals surface area contributed by atoms with Gasteiger partial charge in [-0.15, -0.1) is 0 Å². The van der Waals surface area contributed by atoms with E-state index in [1.807, 2.05) is 6.92 Å². The highest BCUT2D eigenvalue weighted by atomic mass is 32.1.